The molecule has 0 amide bonds. The molecule has 0 aromatic carbocycles. The topological polar surface area (TPSA) is 43.4 Å². The maximum absolute atomic E-state index is 10.7. The molecule has 4 heteroatoms. The standard InChI is InChI=1S/C9H17O3P/c1-8(10)6-4-2-3-5-7-9(11)12-13/h2-7,13H2,1H3. The van der Waals surface area contributed by atoms with E-state index in [1.54, 1.807) is 6.92 Å². The van der Waals surface area contributed by atoms with Gasteiger partial charge in [0.25, 0.3) is 0 Å². The minimum atomic E-state index is -0.184. The molecule has 0 aromatic rings. The third-order valence-electron chi connectivity index (χ3n) is 1.79. The molecule has 0 aliphatic heterocycles. The Bertz CT molecular complexity index is 168. The van der Waals surface area contributed by atoms with Gasteiger partial charge in [-0.2, -0.15) is 0 Å². The van der Waals surface area contributed by atoms with E-state index in [0.29, 0.717) is 12.8 Å². The summed E-state index contributed by atoms with van der Waals surface area (Å²) in [6, 6.07) is 0. The number of unbranched alkanes of at least 4 members (excludes halogenated alkanes) is 3. The lowest BCUT2D eigenvalue weighted by molar-refractivity contribution is -0.133. The van der Waals surface area contributed by atoms with Crippen molar-refractivity contribution in [2.24, 2.45) is 0 Å². The Kier molecular flexibility index (Phi) is 7.91. The van der Waals surface area contributed by atoms with Crippen LogP contribution in [0.5, 0.6) is 0 Å². The van der Waals surface area contributed by atoms with E-state index in [1.807, 2.05) is 9.47 Å². The lowest BCUT2D eigenvalue weighted by atomic mass is 10.1. The minimum absolute atomic E-state index is 0.184. The average molecular weight is 204 g/mol. The summed E-state index contributed by atoms with van der Waals surface area (Å²) in [6.45, 7) is 1.60. The van der Waals surface area contributed by atoms with Gasteiger partial charge < -0.3 is 9.32 Å². The molecule has 0 N–H and O–H groups in total. The van der Waals surface area contributed by atoms with Gasteiger partial charge in [0.05, 0.1) is 9.47 Å². The molecule has 0 fully saturated rings. The highest BCUT2D eigenvalue weighted by molar-refractivity contribution is 7.10. The summed E-state index contributed by atoms with van der Waals surface area (Å²) < 4.78 is 4.42. The van der Waals surface area contributed by atoms with Crippen molar-refractivity contribution in [2.75, 3.05) is 0 Å². The van der Waals surface area contributed by atoms with Crippen LogP contribution in [0.3, 0.4) is 0 Å². The third kappa shape index (κ3) is 9.48. The Hall–Kier alpha value is -0.430. The molecule has 0 aliphatic carbocycles. The molecular formula is C9H17O3P. The molecule has 0 radical (unpaired) electrons. The molecule has 0 aromatic heterocycles. The van der Waals surface area contributed by atoms with Gasteiger partial charge in [0.15, 0.2) is 0 Å². The summed E-state index contributed by atoms with van der Waals surface area (Å²) >= 11 is 0. The Labute approximate surface area is 81.5 Å². The van der Waals surface area contributed by atoms with E-state index in [0.717, 1.165) is 25.7 Å². The Morgan fingerprint density at radius 1 is 1.08 bits per heavy atom. The summed E-state index contributed by atoms with van der Waals surface area (Å²) in [6.07, 6.45) is 4.94. The predicted octanol–water partition coefficient (Wildman–Crippen LogP) is 2.25. The van der Waals surface area contributed by atoms with Crippen molar-refractivity contribution in [2.45, 2.75) is 45.4 Å². The average Bonchev–Trinajstić information content (AvgIpc) is 2.10. The van der Waals surface area contributed by atoms with Gasteiger partial charge in [-0.15, -0.1) is 0 Å². The molecule has 0 heterocycles. The van der Waals surface area contributed by atoms with Crippen LogP contribution in [0.4, 0.5) is 0 Å². The molecule has 13 heavy (non-hydrogen) atoms. The summed E-state index contributed by atoms with van der Waals surface area (Å²) in [4.78, 5) is 21.2. The van der Waals surface area contributed by atoms with Crippen LogP contribution in [-0.2, 0) is 14.1 Å². The highest BCUT2D eigenvalue weighted by Gasteiger charge is 1.99. The van der Waals surface area contributed by atoms with Crippen molar-refractivity contribution in [1.29, 1.82) is 0 Å². The Balaban J connectivity index is 3.08. The highest BCUT2D eigenvalue weighted by atomic mass is 31.0. The normalized spacial score (nSPS) is 9.69. The van der Waals surface area contributed by atoms with Gasteiger partial charge in [0.1, 0.15) is 5.78 Å². The molecule has 0 spiro atoms. The highest BCUT2D eigenvalue weighted by Crippen LogP contribution is 2.07. The molecule has 0 aliphatic rings. The lowest BCUT2D eigenvalue weighted by Gasteiger charge is -1.99. The zero-order chi connectivity index (χ0) is 10.1. The number of ketones is 1. The fourth-order valence-electron chi connectivity index (χ4n) is 1.06. The van der Waals surface area contributed by atoms with Crippen molar-refractivity contribution in [1.82, 2.24) is 0 Å². The summed E-state index contributed by atoms with van der Waals surface area (Å²) in [5.41, 5.74) is 0. The van der Waals surface area contributed by atoms with Crippen LogP contribution in [0.2, 0.25) is 0 Å². The smallest absolute Gasteiger partial charge is 0.307 e. The van der Waals surface area contributed by atoms with Crippen LogP contribution in [-0.4, -0.2) is 11.8 Å². The first-order valence-electron chi connectivity index (χ1n) is 4.56. The number of Topliss-reactive ketones (excluding diaryl/α,β-unsaturated/α-hetero) is 1. The van der Waals surface area contributed by atoms with E-state index in [4.69, 9.17) is 0 Å². The number of hydrogen-bond acceptors (Lipinski definition) is 3. The van der Waals surface area contributed by atoms with E-state index in [-0.39, 0.29) is 11.8 Å². The van der Waals surface area contributed by atoms with Crippen molar-refractivity contribution in [3.63, 3.8) is 0 Å². The van der Waals surface area contributed by atoms with Crippen molar-refractivity contribution >= 4 is 21.2 Å². The zero-order valence-corrected chi connectivity index (χ0v) is 9.20. The summed E-state index contributed by atoms with van der Waals surface area (Å²) in [5.74, 6) is 0.0564. The lowest BCUT2D eigenvalue weighted by Crippen LogP contribution is -1.95. The van der Waals surface area contributed by atoms with Crippen LogP contribution in [0.1, 0.15) is 45.4 Å². The maximum Gasteiger partial charge on any atom is 0.307 e. The summed E-state index contributed by atoms with van der Waals surface area (Å²) in [5, 5.41) is 0. The first-order valence-corrected chi connectivity index (χ1v) is 5.03. The number of rotatable bonds is 7. The first kappa shape index (κ1) is 12.6. The van der Waals surface area contributed by atoms with E-state index in [9.17, 15) is 9.59 Å². The van der Waals surface area contributed by atoms with Crippen molar-refractivity contribution in [3.8, 4) is 0 Å². The monoisotopic (exact) mass is 204 g/mol. The van der Waals surface area contributed by atoms with Gasteiger partial charge in [0, 0.05) is 12.8 Å². The van der Waals surface area contributed by atoms with Crippen LogP contribution in [0.25, 0.3) is 0 Å². The van der Waals surface area contributed by atoms with E-state index in [2.05, 4.69) is 4.52 Å². The molecule has 0 rings (SSSR count). The quantitative estimate of drug-likeness (QED) is 0.472. The van der Waals surface area contributed by atoms with Crippen molar-refractivity contribution < 1.29 is 14.1 Å². The molecule has 0 saturated carbocycles. The second-order valence-electron chi connectivity index (χ2n) is 3.11. The van der Waals surface area contributed by atoms with Gasteiger partial charge in [0.2, 0.25) is 0 Å². The summed E-state index contributed by atoms with van der Waals surface area (Å²) in [7, 11) is 1.94. The Morgan fingerprint density at radius 2 is 1.62 bits per heavy atom. The molecule has 3 nitrogen and oxygen atoms in total. The molecule has 0 bridgehead atoms. The Morgan fingerprint density at radius 3 is 2.08 bits per heavy atom. The molecule has 76 valence electrons. The van der Waals surface area contributed by atoms with Crippen molar-refractivity contribution in [3.05, 3.63) is 0 Å². The van der Waals surface area contributed by atoms with Crippen LogP contribution >= 0.6 is 9.47 Å². The molecular weight excluding hydrogens is 187 g/mol. The first-order chi connectivity index (χ1) is 6.16. The molecule has 1 unspecified atom stereocenters. The van der Waals surface area contributed by atoms with E-state index in [1.165, 1.54) is 0 Å². The fraction of sp³-hybridized carbons (Fsp3) is 0.778. The van der Waals surface area contributed by atoms with Crippen LogP contribution < -0.4 is 0 Å². The number of carbonyl (C=O) groups excluding carboxylic acids is 2. The van der Waals surface area contributed by atoms with E-state index >= 15 is 0 Å². The SMILES string of the molecule is CC(=O)CCCCCCC(=O)OP. The van der Waals surface area contributed by atoms with Gasteiger partial charge in [-0.1, -0.05) is 12.8 Å². The third-order valence-corrected chi connectivity index (χ3v) is 2.05. The fourth-order valence-corrected chi connectivity index (χ4v) is 1.17. The molecule has 1 atom stereocenters. The van der Waals surface area contributed by atoms with E-state index < -0.39 is 0 Å². The maximum atomic E-state index is 10.7. The molecule has 0 saturated heterocycles. The minimum Gasteiger partial charge on any atom is -0.452 e. The van der Waals surface area contributed by atoms with Crippen LogP contribution in [0.15, 0.2) is 0 Å². The predicted molar refractivity (Wildman–Crippen MR) is 54.2 cm³/mol. The van der Waals surface area contributed by atoms with Gasteiger partial charge in [-0.05, 0) is 19.8 Å². The number of hydrogen-bond donors (Lipinski definition) is 0. The largest absolute Gasteiger partial charge is 0.452 e. The second kappa shape index (κ2) is 8.18. The number of carbonyl (C=O) groups is 2. The van der Waals surface area contributed by atoms with Gasteiger partial charge >= 0.3 is 5.97 Å². The second-order valence-corrected chi connectivity index (χ2v) is 3.34. The van der Waals surface area contributed by atoms with Crippen LogP contribution in [0, 0.1) is 0 Å². The van der Waals surface area contributed by atoms with Gasteiger partial charge in [-0.3, -0.25) is 4.79 Å². The van der Waals surface area contributed by atoms with Gasteiger partial charge in [-0.25, -0.2) is 0 Å². The zero-order valence-electron chi connectivity index (χ0n) is 8.04.